The molecule has 8 nitrogen and oxygen atoms in total. The SMILES string of the molecule is Cc1cccc(-n2c(SCc3nc(-c4ccc(F)cc4)no3)nnc2N2CCOCC2)c1. The maximum Gasteiger partial charge on any atom is 0.237 e. The minimum absolute atomic E-state index is 0.306. The number of anilines is 1. The van der Waals surface area contributed by atoms with E-state index in [-0.39, 0.29) is 5.82 Å². The molecule has 3 heterocycles. The van der Waals surface area contributed by atoms with E-state index in [1.54, 1.807) is 12.1 Å². The minimum Gasteiger partial charge on any atom is -0.378 e. The third-order valence-electron chi connectivity index (χ3n) is 5.07. The van der Waals surface area contributed by atoms with Gasteiger partial charge in [-0.3, -0.25) is 4.57 Å². The van der Waals surface area contributed by atoms with Gasteiger partial charge in [-0.05, 0) is 48.9 Å². The molecule has 0 unspecified atom stereocenters. The van der Waals surface area contributed by atoms with Crippen LogP contribution in [0.1, 0.15) is 11.5 Å². The Morgan fingerprint density at radius 3 is 2.66 bits per heavy atom. The number of hydrogen-bond donors (Lipinski definition) is 0. The Morgan fingerprint density at radius 2 is 1.88 bits per heavy atom. The summed E-state index contributed by atoms with van der Waals surface area (Å²) in [6.07, 6.45) is 0. The molecule has 1 fully saturated rings. The summed E-state index contributed by atoms with van der Waals surface area (Å²) in [6, 6.07) is 14.2. The lowest BCUT2D eigenvalue weighted by molar-refractivity contribution is 0.122. The van der Waals surface area contributed by atoms with Gasteiger partial charge in [0.05, 0.1) is 24.7 Å². The number of thioether (sulfide) groups is 1. The molecule has 0 atom stereocenters. The number of aryl methyl sites for hydroxylation is 1. The van der Waals surface area contributed by atoms with E-state index >= 15 is 0 Å². The van der Waals surface area contributed by atoms with Crippen molar-refractivity contribution in [1.29, 1.82) is 0 Å². The summed E-state index contributed by atoms with van der Waals surface area (Å²) in [7, 11) is 0. The average Bonchev–Trinajstić information content (AvgIpc) is 3.46. The summed E-state index contributed by atoms with van der Waals surface area (Å²) in [5.74, 6) is 1.80. The van der Waals surface area contributed by atoms with Crippen molar-refractivity contribution >= 4 is 17.7 Å². The number of aromatic nitrogens is 5. The first-order valence-corrected chi connectivity index (χ1v) is 11.2. The Kier molecular flexibility index (Phi) is 5.87. The van der Waals surface area contributed by atoms with Crippen LogP contribution in [-0.4, -0.2) is 51.2 Å². The summed E-state index contributed by atoms with van der Waals surface area (Å²) in [4.78, 5) is 6.62. The number of morpholine rings is 1. The van der Waals surface area contributed by atoms with E-state index in [9.17, 15) is 4.39 Å². The maximum absolute atomic E-state index is 13.2. The molecule has 1 aliphatic heterocycles. The summed E-state index contributed by atoms with van der Waals surface area (Å²) >= 11 is 1.47. The van der Waals surface area contributed by atoms with E-state index in [1.165, 1.54) is 23.9 Å². The lowest BCUT2D eigenvalue weighted by atomic mass is 10.2. The first-order chi connectivity index (χ1) is 15.7. The zero-order valence-corrected chi connectivity index (χ0v) is 18.3. The molecule has 0 N–H and O–H groups in total. The molecule has 1 aliphatic rings. The van der Waals surface area contributed by atoms with Crippen LogP contribution in [0.2, 0.25) is 0 Å². The number of hydrogen-bond acceptors (Lipinski definition) is 8. The van der Waals surface area contributed by atoms with E-state index in [0.29, 0.717) is 36.2 Å². The molecule has 2 aromatic heterocycles. The normalized spacial score (nSPS) is 14.1. The van der Waals surface area contributed by atoms with Crippen molar-refractivity contribution in [3.05, 3.63) is 65.8 Å². The smallest absolute Gasteiger partial charge is 0.237 e. The second kappa shape index (κ2) is 9.09. The molecule has 2 aromatic carbocycles. The lowest BCUT2D eigenvalue weighted by Gasteiger charge is -2.28. The average molecular weight is 453 g/mol. The van der Waals surface area contributed by atoms with Crippen molar-refractivity contribution in [3.63, 3.8) is 0 Å². The highest BCUT2D eigenvalue weighted by atomic mass is 32.2. The largest absolute Gasteiger partial charge is 0.378 e. The summed E-state index contributed by atoms with van der Waals surface area (Å²) in [6.45, 7) is 4.91. The Bertz CT molecular complexity index is 1200. The van der Waals surface area contributed by atoms with Gasteiger partial charge in [0.1, 0.15) is 5.82 Å². The first kappa shape index (κ1) is 20.7. The van der Waals surface area contributed by atoms with Gasteiger partial charge in [0, 0.05) is 18.7 Å². The maximum atomic E-state index is 13.2. The van der Waals surface area contributed by atoms with Crippen LogP contribution in [-0.2, 0) is 10.5 Å². The zero-order valence-electron chi connectivity index (χ0n) is 17.4. The van der Waals surface area contributed by atoms with Gasteiger partial charge in [-0.2, -0.15) is 4.98 Å². The van der Waals surface area contributed by atoms with Gasteiger partial charge in [0.15, 0.2) is 5.16 Å². The summed E-state index contributed by atoms with van der Waals surface area (Å²) in [5.41, 5.74) is 2.85. The van der Waals surface area contributed by atoms with Crippen molar-refractivity contribution in [3.8, 4) is 17.1 Å². The van der Waals surface area contributed by atoms with Gasteiger partial charge < -0.3 is 14.2 Å². The highest BCUT2D eigenvalue weighted by Crippen LogP contribution is 2.29. The Hall–Kier alpha value is -3.24. The van der Waals surface area contributed by atoms with Gasteiger partial charge in [-0.1, -0.05) is 29.1 Å². The molecule has 0 aliphatic carbocycles. The highest BCUT2D eigenvalue weighted by molar-refractivity contribution is 7.98. The molecule has 0 radical (unpaired) electrons. The quantitative estimate of drug-likeness (QED) is 0.408. The molecule has 0 spiro atoms. The van der Waals surface area contributed by atoms with Crippen LogP contribution < -0.4 is 4.90 Å². The first-order valence-electron chi connectivity index (χ1n) is 10.2. The number of nitrogens with zero attached hydrogens (tertiary/aromatic N) is 6. The molecular formula is C22H21FN6O2S. The fourth-order valence-electron chi connectivity index (χ4n) is 3.47. The fraction of sp³-hybridized carbons (Fsp3) is 0.273. The molecule has 0 saturated carbocycles. The second-order valence-electron chi connectivity index (χ2n) is 7.36. The molecular weight excluding hydrogens is 431 g/mol. The third-order valence-corrected chi connectivity index (χ3v) is 5.98. The van der Waals surface area contributed by atoms with E-state index < -0.39 is 0 Å². The second-order valence-corrected chi connectivity index (χ2v) is 8.31. The van der Waals surface area contributed by atoms with Crippen LogP contribution in [0.5, 0.6) is 0 Å². The molecule has 1 saturated heterocycles. The molecule has 0 bridgehead atoms. The molecule has 0 amide bonds. The highest BCUT2D eigenvalue weighted by Gasteiger charge is 2.22. The van der Waals surface area contributed by atoms with Crippen LogP contribution in [0.4, 0.5) is 10.3 Å². The molecule has 164 valence electrons. The van der Waals surface area contributed by atoms with Crippen LogP contribution in [0.25, 0.3) is 17.1 Å². The predicted molar refractivity (Wildman–Crippen MR) is 118 cm³/mol. The van der Waals surface area contributed by atoms with Gasteiger partial charge in [0.2, 0.25) is 17.7 Å². The van der Waals surface area contributed by atoms with Crippen molar-refractivity contribution in [2.24, 2.45) is 0 Å². The lowest BCUT2D eigenvalue weighted by Crippen LogP contribution is -2.37. The van der Waals surface area contributed by atoms with Crippen LogP contribution in [0.15, 0.2) is 58.2 Å². The van der Waals surface area contributed by atoms with Crippen LogP contribution in [0.3, 0.4) is 0 Å². The predicted octanol–water partition coefficient (Wildman–Crippen LogP) is 3.89. The Morgan fingerprint density at radius 1 is 1.06 bits per heavy atom. The number of ether oxygens (including phenoxy) is 1. The number of rotatable bonds is 6. The van der Waals surface area contributed by atoms with Gasteiger partial charge >= 0.3 is 0 Å². The molecule has 10 heteroatoms. The van der Waals surface area contributed by atoms with Gasteiger partial charge in [0.25, 0.3) is 0 Å². The fourth-order valence-corrected chi connectivity index (χ4v) is 4.26. The summed E-state index contributed by atoms with van der Waals surface area (Å²) < 4.78 is 26.1. The van der Waals surface area contributed by atoms with E-state index in [1.807, 2.05) is 12.1 Å². The van der Waals surface area contributed by atoms with Crippen LogP contribution in [0, 0.1) is 12.7 Å². The molecule has 5 rings (SSSR count). The Labute approximate surface area is 188 Å². The third kappa shape index (κ3) is 4.37. The van der Waals surface area contributed by atoms with E-state index in [0.717, 1.165) is 35.4 Å². The standard InChI is InChI=1S/C22H21FN6O2S/c1-15-3-2-4-18(13-15)29-21(28-9-11-30-12-10-28)25-26-22(29)32-14-19-24-20(27-31-19)16-5-7-17(23)8-6-16/h2-8,13H,9-12,14H2,1H3. The number of benzene rings is 2. The van der Waals surface area contributed by atoms with Gasteiger partial charge in [-0.25, -0.2) is 4.39 Å². The zero-order chi connectivity index (χ0) is 21.9. The Balaban J connectivity index is 1.40. The van der Waals surface area contributed by atoms with Gasteiger partial charge in [-0.15, -0.1) is 10.2 Å². The minimum atomic E-state index is -0.306. The molecule has 32 heavy (non-hydrogen) atoms. The van der Waals surface area contributed by atoms with E-state index in [2.05, 4.69) is 48.9 Å². The van der Waals surface area contributed by atoms with Crippen molar-refractivity contribution in [2.45, 2.75) is 17.8 Å². The topological polar surface area (TPSA) is 82.1 Å². The molecule has 4 aromatic rings. The van der Waals surface area contributed by atoms with Crippen molar-refractivity contribution in [2.75, 3.05) is 31.2 Å². The van der Waals surface area contributed by atoms with Crippen molar-refractivity contribution < 1.29 is 13.7 Å². The summed E-state index contributed by atoms with van der Waals surface area (Å²) in [5, 5.41) is 13.7. The monoisotopic (exact) mass is 452 g/mol. The number of halogens is 1. The van der Waals surface area contributed by atoms with Crippen LogP contribution >= 0.6 is 11.8 Å². The van der Waals surface area contributed by atoms with E-state index in [4.69, 9.17) is 9.26 Å². The van der Waals surface area contributed by atoms with Crippen molar-refractivity contribution in [1.82, 2.24) is 24.9 Å².